The molecule has 2 saturated heterocycles. The summed E-state index contributed by atoms with van der Waals surface area (Å²) < 4.78 is 0. The van der Waals surface area contributed by atoms with Crippen molar-refractivity contribution in [1.82, 2.24) is 21.1 Å². The quantitative estimate of drug-likeness (QED) is 0.571. The smallest absolute Gasteiger partial charge is 0.238 e. The van der Waals surface area contributed by atoms with Gasteiger partial charge in [-0.2, -0.15) is 0 Å². The average Bonchev–Trinajstić information content (AvgIpc) is 3.25. The van der Waals surface area contributed by atoms with Crippen molar-refractivity contribution in [2.24, 2.45) is 5.73 Å². The van der Waals surface area contributed by atoms with Crippen LogP contribution in [0.3, 0.4) is 0 Å². The second-order valence-electron chi connectivity index (χ2n) is 6.97. The van der Waals surface area contributed by atoms with Crippen LogP contribution in [0.1, 0.15) is 24.0 Å². The van der Waals surface area contributed by atoms with Crippen LogP contribution in [0.25, 0.3) is 0 Å². The first kappa shape index (κ1) is 15.6. The molecule has 1 aliphatic carbocycles. The highest BCUT2D eigenvalue weighted by molar-refractivity contribution is 5.85. The summed E-state index contributed by atoms with van der Waals surface area (Å²) in [5, 5.41) is 2.99. The lowest BCUT2D eigenvalue weighted by Gasteiger charge is -2.24. The van der Waals surface area contributed by atoms with Gasteiger partial charge in [-0.3, -0.25) is 9.59 Å². The van der Waals surface area contributed by atoms with E-state index in [4.69, 9.17) is 5.73 Å². The number of rotatable bonds is 3. The van der Waals surface area contributed by atoms with E-state index in [1.807, 2.05) is 17.0 Å². The van der Waals surface area contributed by atoms with Gasteiger partial charge >= 0.3 is 0 Å². The van der Waals surface area contributed by atoms with Crippen molar-refractivity contribution < 1.29 is 9.59 Å². The maximum absolute atomic E-state index is 12.4. The van der Waals surface area contributed by atoms with Gasteiger partial charge in [-0.25, -0.2) is 10.9 Å². The molecule has 128 valence electrons. The van der Waals surface area contributed by atoms with Crippen LogP contribution >= 0.6 is 0 Å². The third-order valence-electron chi connectivity index (χ3n) is 5.22. The van der Waals surface area contributed by atoms with Gasteiger partial charge in [0, 0.05) is 25.4 Å². The average molecular weight is 329 g/mol. The molecule has 1 aromatic carbocycles. The molecule has 0 radical (unpaired) electrons. The van der Waals surface area contributed by atoms with E-state index in [2.05, 4.69) is 28.3 Å². The van der Waals surface area contributed by atoms with Gasteiger partial charge in [-0.05, 0) is 24.0 Å². The monoisotopic (exact) mass is 329 g/mol. The highest BCUT2D eigenvalue weighted by Gasteiger charge is 2.38. The van der Waals surface area contributed by atoms with E-state index in [0.717, 1.165) is 12.8 Å². The second-order valence-corrected chi connectivity index (χ2v) is 6.97. The predicted octanol–water partition coefficient (Wildman–Crippen LogP) is -0.978. The fourth-order valence-electron chi connectivity index (χ4n) is 3.99. The first-order chi connectivity index (χ1) is 11.6. The van der Waals surface area contributed by atoms with Gasteiger partial charge in [0.2, 0.25) is 11.8 Å². The van der Waals surface area contributed by atoms with E-state index in [1.54, 1.807) is 0 Å². The molecule has 2 aliphatic heterocycles. The van der Waals surface area contributed by atoms with E-state index in [-0.39, 0.29) is 36.1 Å². The van der Waals surface area contributed by atoms with Gasteiger partial charge in [-0.1, -0.05) is 24.3 Å². The Bertz CT molecular complexity index is 639. The SMILES string of the molecule is NC1CC(C(=O)NC2CC(=O)N(C3Cc4ccccc4C3)C2)NN1. The van der Waals surface area contributed by atoms with E-state index < -0.39 is 0 Å². The Balaban J connectivity index is 1.35. The van der Waals surface area contributed by atoms with E-state index in [1.165, 1.54) is 11.1 Å². The highest BCUT2D eigenvalue weighted by Crippen LogP contribution is 2.28. The molecule has 2 heterocycles. The summed E-state index contributed by atoms with van der Waals surface area (Å²) in [4.78, 5) is 26.6. The molecule has 0 saturated carbocycles. The number of nitrogens with zero attached hydrogens (tertiary/aromatic N) is 1. The zero-order chi connectivity index (χ0) is 16.7. The summed E-state index contributed by atoms with van der Waals surface area (Å²) in [7, 11) is 0. The first-order valence-corrected chi connectivity index (χ1v) is 8.53. The zero-order valence-electron chi connectivity index (χ0n) is 13.5. The summed E-state index contributed by atoms with van der Waals surface area (Å²) >= 11 is 0. The Morgan fingerprint density at radius 1 is 1.17 bits per heavy atom. The van der Waals surface area contributed by atoms with Crippen LogP contribution in [0.5, 0.6) is 0 Å². The van der Waals surface area contributed by atoms with Crippen molar-refractivity contribution in [1.29, 1.82) is 0 Å². The Morgan fingerprint density at radius 2 is 1.88 bits per heavy atom. The van der Waals surface area contributed by atoms with Gasteiger partial charge < -0.3 is 16.0 Å². The topological polar surface area (TPSA) is 99.5 Å². The Kier molecular flexibility index (Phi) is 3.99. The standard InChI is InChI=1S/C17H23N5O2/c18-15-8-14(20-21-15)17(24)19-12-7-16(23)22(9-12)13-5-10-3-1-2-4-11(10)6-13/h1-4,12-15,20-21H,5-9,18H2,(H,19,24). The molecule has 3 unspecified atom stereocenters. The van der Waals surface area contributed by atoms with Crippen molar-refractivity contribution in [3.05, 3.63) is 35.4 Å². The fourth-order valence-corrected chi connectivity index (χ4v) is 3.99. The molecule has 7 nitrogen and oxygen atoms in total. The van der Waals surface area contributed by atoms with Crippen LogP contribution in [0.2, 0.25) is 0 Å². The Hall–Kier alpha value is -1.96. The number of carbonyl (C=O) groups excluding carboxylic acids is 2. The third-order valence-corrected chi connectivity index (χ3v) is 5.22. The fraction of sp³-hybridized carbons (Fsp3) is 0.529. The molecule has 7 heteroatoms. The summed E-state index contributed by atoms with van der Waals surface area (Å²) in [6.45, 7) is 0.593. The van der Waals surface area contributed by atoms with Crippen molar-refractivity contribution in [3.63, 3.8) is 0 Å². The second kappa shape index (κ2) is 6.16. The molecule has 24 heavy (non-hydrogen) atoms. The lowest BCUT2D eigenvalue weighted by Crippen LogP contribution is -2.48. The molecular formula is C17H23N5O2. The number of carbonyl (C=O) groups is 2. The number of hydrogen-bond donors (Lipinski definition) is 4. The van der Waals surface area contributed by atoms with Crippen LogP contribution in [-0.4, -0.2) is 47.6 Å². The zero-order valence-corrected chi connectivity index (χ0v) is 13.5. The van der Waals surface area contributed by atoms with Crippen molar-refractivity contribution >= 4 is 11.8 Å². The van der Waals surface area contributed by atoms with E-state index in [9.17, 15) is 9.59 Å². The van der Waals surface area contributed by atoms with Crippen molar-refractivity contribution in [3.8, 4) is 0 Å². The molecule has 2 amide bonds. The minimum atomic E-state index is -0.333. The number of nitrogens with one attached hydrogen (secondary N) is 3. The molecule has 3 aliphatic rings. The van der Waals surface area contributed by atoms with E-state index in [0.29, 0.717) is 19.4 Å². The minimum absolute atomic E-state index is 0.0928. The molecule has 0 spiro atoms. The lowest BCUT2D eigenvalue weighted by atomic mass is 10.1. The number of nitrogens with two attached hydrogens (primary N) is 1. The van der Waals surface area contributed by atoms with Crippen molar-refractivity contribution in [2.45, 2.75) is 50.0 Å². The number of benzene rings is 1. The maximum atomic E-state index is 12.4. The summed E-state index contributed by atoms with van der Waals surface area (Å²) in [5.41, 5.74) is 14.1. The number of fused-ring (bicyclic) bond motifs is 1. The molecule has 4 rings (SSSR count). The van der Waals surface area contributed by atoms with Gasteiger partial charge in [0.1, 0.15) is 6.04 Å². The largest absolute Gasteiger partial charge is 0.350 e. The Morgan fingerprint density at radius 3 is 2.50 bits per heavy atom. The van der Waals surface area contributed by atoms with Gasteiger partial charge in [0.25, 0.3) is 0 Å². The van der Waals surface area contributed by atoms with Gasteiger partial charge in [0.05, 0.1) is 12.2 Å². The third kappa shape index (κ3) is 2.90. The highest BCUT2D eigenvalue weighted by atomic mass is 16.2. The van der Waals surface area contributed by atoms with E-state index >= 15 is 0 Å². The molecule has 0 bridgehead atoms. The van der Waals surface area contributed by atoms with Crippen LogP contribution in [0.4, 0.5) is 0 Å². The molecular weight excluding hydrogens is 306 g/mol. The number of amides is 2. The first-order valence-electron chi connectivity index (χ1n) is 8.53. The molecule has 1 aromatic rings. The minimum Gasteiger partial charge on any atom is -0.350 e. The number of likely N-dealkylation sites (tertiary alicyclic amines) is 1. The van der Waals surface area contributed by atoms with Crippen LogP contribution in [0.15, 0.2) is 24.3 Å². The van der Waals surface area contributed by atoms with Crippen LogP contribution in [-0.2, 0) is 22.4 Å². The molecule has 2 fully saturated rings. The predicted molar refractivity (Wildman–Crippen MR) is 88.6 cm³/mol. The van der Waals surface area contributed by atoms with Gasteiger partial charge in [0.15, 0.2) is 0 Å². The Labute approximate surface area is 140 Å². The van der Waals surface area contributed by atoms with Gasteiger partial charge in [-0.15, -0.1) is 0 Å². The van der Waals surface area contributed by atoms with Crippen molar-refractivity contribution in [2.75, 3.05) is 6.54 Å². The summed E-state index contributed by atoms with van der Waals surface area (Å²) in [6.07, 6.45) is 2.54. The van der Waals surface area contributed by atoms with Crippen LogP contribution in [0, 0.1) is 0 Å². The number of hydrazine groups is 1. The molecule has 5 N–H and O–H groups in total. The lowest BCUT2D eigenvalue weighted by molar-refractivity contribution is -0.129. The van der Waals surface area contributed by atoms with Crippen LogP contribution < -0.4 is 21.9 Å². The molecule has 3 atom stereocenters. The summed E-state index contributed by atoms with van der Waals surface area (Å²) in [5.74, 6) is 0.0390. The normalized spacial score (nSPS) is 30.0. The number of hydrogen-bond acceptors (Lipinski definition) is 5. The summed E-state index contributed by atoms with van der Waals surface area (Å²) in [6, 6.07) is 8.13. The maximum Gasteiger partial charge on any atom is 0.238 e. The molecule has 0 aromatic heterocycles.